The van der Waals surface area contributed by atoms with Gasteiger partial charge in [0, 0.05) is 24.8 Å². The molecule has 2 aromatic carbocycles. The molecule has 0 saturated heterocycles. The first kappa shape index (κ1) is 18.4. The van der Waals surface area contributed by atoms with E-state index in [9.17, 15) is 8.42 Å². The summed E-state index contributed by atoms with van der Waals surface area (Å²) in [7, 11) is -1.82. The quantitative estimate of drug-likeness (QED) is 0.691. The van der Waals surface area contributed by atoms with Crippen LogP contribution in [0.2, 0.25) is 0 Å². The first-order valence-corrected chi connectivity index (χ1v) is 10.0. The van der Waals surface area contributed by atoms with Gasteiger partial charge >= 0.3 is 0 Å². The van der Waals surface area contributed by atoms with E-state index in [1.807, 2.05) is 55.5 Å². The number of aryl methyl sites for hydroxylation is 2. The lowest BCUT2D eigenvalue weighted by Crippen LogP contribution is -2.28. The van der Waals surface area contributed by atoms with Crippen LogP contribution in [0.5, 0.6) is 0 Å². The minimum atomic E-state index is -3.44. The molecule has 6 heteroatoms. The molecule has 5 nitrogen and oxygen atoms in total. The Hall–Kier alpha value is -2.44. The second kappa shape index (κ2) is 7.85. The molecule has 0 atom stereocenters. The molecule has 1 heterocycles. The molecule has 0 spiro atoms. The molecule has 1 aromatic heterocycles. The Labute approximate surface area is 154 Å². The molecule has 0 amide bonds. The van der Waals surface area contributed by atoms with Gasteiger partial charge in [0.1, 0.15) is 0 Å². The normalized spacial score (nSPS) is 11.8. The number of benzene rings is 2. The van der Waals surface area contributed by atoms with Gasteiger partial charge in [0.25, 0.3) is 0 Å². The minimum absolute atomic E-state index is 0.332. The van der Waals surface area contributed by atoms with E-state index in [0.717, 1.165) is 35.4 Å². The van der Waals surface area contributed by atoms with Crippen LogP contribution in [0, 0.1) is 6.92 Å². The molecular formula is C20H23N3O2S. The second-order valence-electron chi connectivity index (χ2n) is 6.39. The van der Waals surface area contributed by atoms with Crippen LogP contribution in [0.3, 0.4) is 0 Å². The van der Waals surface area contributed by atoms with Gasteiger partial charge in [-0.25, -0.2) is 12.7 Å². The Balaban J connectivity index is 1.58. The molecule has 0 aliphatic carbocycles. The highest BCUT2D eigenvalue weighted by molar-refractivity contribution is 7.89. The van der Waals surface area contributed by atoms with Crippen LogP contribution >= 0.6 is 0 Å². The molecule has 0 aliphatic heterocycles. The van der Waals surface area contributed by atoms with Gasteiger partial charge in [-0.15, -0.1) is 0 Å². The van der Waals surface area contributed by atoms with Crippen molar-refractivity contribution in [1.29, 1.82) is 0 Å². The number of hydrogen-bond acceptors (Lipinski definition) is 3. The molecule has 0 fully saturated rings. The number of aromatic nitrogens is 2. The van der Waals surface area contributed by atoms with Crippen LogP contribution < -0.4 is 0 Å². The monoisotopic (exact) mass is 369 g/mol. The van der Waals surface area contributed by atoms with Crippen LogP contribution in [0.15, 0.2) is 65.6 Å². The van der Waals surface area contributed by atoms with Gasteiger partial charge in [-0.1, -0.05) is 48.0 Å². The van der Waals surface area contributed by atoms with E-state index in [1.54, 1.807) is 19.2 Å². The van der Waals surface area contributed by atoms with E-state index < -0.39 is 10.0 Å². The molecule has 1 N–H and O–H groups in total. The summed E-state index contributed by atoms with van der Waals surface area (Å²) in [6.45, 7) is 2.39. The van der Waals surface area contributed by atoms with Crippen molar-refractivity contribution < 1.29 is 8.42 Å². The minimum Gasteiger partial charge on any atom is -0.282 e. The maximum absolute atomic E-state index is 12.6. The van der Waals surface area contributed by atoms with Crippen molar-refractivity contribution in [2.45, 2.75) is 24.7 Å². The van der Waals surface area contributed by atoms with E-state index in [-0.39, 0.29) is 0 Å². The van der Waals surface area contributed by atoms with E-state index >= 15 is 0 Å². The maximum atomic E-state index is 12.6. The number of nitrogens with one attached hydrogen (secondary N) is 1. The third kappa shape index (κ3) is 4.20. The number of aromatic amines is 1. The van der Waals surface area contributed by atoms with E-state index in [0.29, 0.717) is 11.4 Å². The number of H-pyrrole nitrogens is 1. The van der Waals surface area contributed by atoms with Crippen molar-refractivity contribution in [2.75, 3.05) is 13.6 Å². The molecule has 26 heavy (non-hydrogen) atoms. The topological polar surface area (TPSA) is 66.1 Å². The highest BCUT2D eigenvalue weighted by Gasteiger charge is 2.20. The Kier molecular flexibility index (Phi) is 5.54. The van der Waals surface area contributed by atoms with Crippen molar-refractivity contribution in [3.05, 3.63) is 71.9 Å². The lowest BCUT2D eigenvalue weighted by atomic mass is 10.1. The third-order valence-electron chi connectivity index (χ3n) is 4.35. The largest absolute Gasteiger partial charge is 0.282 e. The van der Waals surface area contributed by atoms with Crippen molar-refractivity contribution in [3.8, 4) is 11.3 Å². The fourth-order valence-electron chi connectivity index (χ4n) is 2.75. The smallest absolute Gasteiger partial charge is 0.242 e. The summed E-state index contributed by atoms with van der Waals surface area (Å²) in [6.07, 6.45) is 1.46. The number of sulfonamides is 1. The fraction of sp³-hybridized carbons (Fsp3) is 0.250. The van der Waals surface area contributed by atoms with Gasteiger partial charge in [-0.3, -0.25) is 5.10 Å². The lowest BCUT2D eigenvalue weighted by molar-refractivity contribution is 0.460. The van der Waals surface area contributed by atoms with Crippen molar-refractivity contribution in [2.24, 2.45) is 0 Å². The van der Waals surface area contributed by atoms with Crippen molar-refractivity contribution in [3.63, 3.8) is 0 Å². The predicted molar refractivity (Wildman–Crippen MR) is 103 cm³/mol. The van der Waals surface area contributed by atoms with Crippen LogP contribution in [-0.4, -0.2) is 36.5 Å². The Morgan fingerprint density at radius 1 is 1.04 bits per heavy atom. The van der Waals surface area contributed by atoms with Crippen molar-refractivity contribution >= 4 is 10.0 Å². The van der Waals surface area contributed by atoms with E-state index in [4.69, 9.17) is 0 Å². The Morgan fingerprint density at radius 3 is 2.42 bits per heavy atom. The average Bonchev–Trinajstić information content (AvgIpc) is 3.11. The van der Waals surface area contributed by atoms with E-state index in [1.165, 1.54) is 4.31 Å². The molecular weight excluding hydrogens is 346 g/mol. The highest BCUT2D eigenvalue weighted by atomic mass is 32.2. The van der Waals surface area contributed by atoms with E-state index in [2.05, 4.69) is 10.2 Å². The van der Waals surface area contributed by atoms with Gasteiger partial charge in [0.15, 0.2) is 0 Å². The van der Waals surface area contributed by atoms with Crippen LogP contribution in [0.4, 0.5) is 0 Å². The summed E-state index contributed by atoms with van der Waals surface area (Å²) in [4.78, 5) is 0.332. The van der Waals surface area contributed by atoms with Gasteiger partial charge in [-0.2, -0.15) is 5.10 Å². The zero-order chi connectivity index (χ0) is 18.6. The van der Waals surface area contributed by atoms with Gasteiger partial charge in [0.2, 0.25) is 10.0 Å². The molecule has 136 valence electrons. The third-order valence-corrected chi connectivity index (χ3v) is 6.22. The molecule has 0 saturated carbocycles. The maximum Gasteiger partial charge on any atom is 0.242 e. The summed E-state index contributed by atoms with van der Waals surface area (Å²) < 4.78 is 26.6. The zero-order valence-electron chi connectivity index (χ0n) is 15.0. The lowest BCUT2D eigenvalue weighted by Gasteiger charge is -2.17. The molecule has 0 unspecified atom stereocenters. The summed E-state index contributed by atoms with van der Waals surface area (Å²) in [5.74, 6) is 0. The molecule has 0 aliphatic rings. The fourth-order valence-corrected chi connectivity index (χ4v) is 3.96. The van der Waals surface area contributed by atoms with Crippen LogP contribution in [0.1, 0.15) is 17.7 Å². The highest BCUT2D eigenvalue weighted by Crippen LogP contribution is 2.18. The summed E-state index contributed by atoms with van der Waals surface area (Å²) >= 11 is 0. The molecule has 0 bridgehead atoms. The van der Waals surface area contributed by atoms with Crippen molar-refractivity contribution in [1.82, 2.24) is 14.5 Å². The van der Waals surface area contributed by atoms with Gasteiger partial charge in [-0.05, 0) is 38.0 Å². The molecule has 3 rings (SSSR count). The zero-order valence-corrected chi connectivity index (χ0v) is 15.8. The Morgan fingerprint density at radius 2 is 1.73 bits per heavy atom. The first-order chi connectivity index (χ1) is 12.5. The number of rotatable bonds is 7. The molecule has 0 radical (unpaired) electrons. The summed E-state index contributed by atoms with van der Waals surface area (Å²) in [5, 5.41) is 7.37. The van der Waals surface area contributed by atoms with Crippen LogP contribution in [-0.2, 0) is 16.4 Å². The second-order valence-corrected chi connectivity index (χ2v) is 8.43. The SMILES string of the molecule is Cc1ccc(S(=O)(=O)N(C)CCCc2cc(-c3ccccc3)n[nH]2)cc1. The standard InChI is InChI=1S/C20H23N3O2S/c1-16-10-12-19(13-11-16)26(24,25)23(2)14-6-9-18-15-20(22-21-18)17-7-4-3-5-8-17/h3-5,7-8,10-13,15H,6,9,14H2,1-2H3,(H,21,22). The molecule has 3 aromatic rings. The average molecular weight is 369 g/mol. The Bertz CT molecular complexity index is 948. The van der Waals surface area contributed by atoms with Gasteiger partial charge < -0.3 is 0 Å². The number of nitrogens with zero attached hydrogens (tertiary/aromatic N) is 2. The predicted octanol–water partition coefficient (Wildman–Crippen LogP) is 3.64. The number of hydrogen-bond donors (Lipinski definition) is 1. The summed E-state index contributed by atoms with van der Waals surface area (Å²) in [5.41, 5.74) is 4.01. The van der Waals surface area contributed by atoms with Gasteiger partial charge in [0.05, 0.1) is 10.6 Å². The first-order valence-electron chi connectivity index (χ1n) is 8.59. The van der Waals surface area contributed by atoms with Crippen LogP contribution in [0.25, 0.3) is 11.3 Å². The summed E-state index contributed by atoms with van der Waals surface area (Å²) in [6, 6.07) is 18.9.